The van der Waals surface area contributed by atoms with E-state index in [1.54, 1.807) is 0 Å². The van der Waals surface area contributed by atoms with Crippen molar-refractivity contribution in [2.24, 2.45) is 61.9 Å². The Hall–Kier alpha value is -1.01. The molecule has 2 bridgehead atoms. The molecule has 5 fully saturated rings. The molecular weight excluding hydrogens is 404 g/mol. The van der Waals surface area contributed by atoms with Crippen molar-refractivity contribution < 1.29 is 4.74 Å². The van der Waals surface area contributed by atoms with Crippen molar-refractivity contribution in [1.82, 2.24) is 0 Å². The number of nitriles is 1. The Morgan fingerprint density at radius 3 is 2.24 bits per heavy atom. The molecule has 1 saturated heterocycles. The van der Waals surface area contributed by atoms with Crippen LogP contribution in [-0.2, 0) is 4.74 Å². The lowest BCUT2D eigenvalue weighted by molar-refractivity contribution is -0.222. The molecule has 0 amide bonds. The van der Waals surface area contributed by atoms with Gasteiger partial charge in [0.1, 0.15) is 0 Å². The number of hydrogen-bond donors (Lipinski definition) is 1. The van der Waals surface area contributed by atoms with Crippen molar-refractivity contribution >= 4 is 0 Å². The first kappa shape index (κ1) is 22.5. The summed E-state index contributed by atoms with van der Waals surface area (Å²) in [6, 6.07) is 2.66. The minimum absolute atomic E-state index is 0.0735. The number of nitrogens with zero attached hydrogens (tertiary/aromatic N) is 1. The number of rotatable bonds is 0. The third-order valence-corrected chi connectivity index (χ3v) is 13.7. The Morgan fingerprint density at radius 1 is 0.848 bits per heavy atom. The SMILES string of the molecule is CC1(C)CC[C@]23CC[C@]4(C)[C@H](CC[C@@H]5[C@@]6(C)C(C#N)=C(N)C(C)(C)[C@@H]6CC[C@]54C)[C@H]2[C@H]1OC3. The summed E-state index contributed by atoms with van der Waals surface area (Å²) in [6.45, 7) is 18.3. The van der Waals surface area contributed by atoms with E-state index >= 15 is 0 Å². The summed E-state index contributed by atoms with van der Waals surface area (Å²) >= 11 is 0. The Labute approximate surface area is 201 Å². The summed E-state index contributed by atoms with van der Waals surface area (Å²) in [7, 11) is 0. The standard InChI is InChI=1S/C30H46N2O/c1-25(2)12-14-30-15-13-27(5)18(22(30)24(25)33-17-30)8-9-21-28(27,6)11-10-20-26(3,4)23(32)19(16-31)29(20,21)7/h18,20-22,24H,8-15,17,32H2,1-7H3/t18-,20+,21+,22+,24-,27-,28-,29+,30-/m1/s1. The lowest BCUT2D eigenvalue weighted by Crippen LogP contribution is -2.66. The van der Waals surface area contributed by atoms with E-state index in [9.17, 15) is 5.26 Å². The van der Waals surface area contributed by atoms with Crippen LogP contribution in [0.5, 0.6) is 0 Å². The van der Waals surface area contributed by atoms with Crippen LogP contribution in [0, 0.1) is 67.5 Å². The fraction of sp³-hybridized carbons (Fsp3) is 0.900. The van der Waals surface area contributed by atoms with E-state index in [0.717, 1.165) is 29.7 Å². The second kappa shape index (κ2) is 6.21. The molecule has 6 aliphatic rings. The molecule has 0 radical (unpaired) electrons. The zero-order chi connectivity index (χ0) is 23.8. The molecule has 0 spiro atoms. The van der Waals surface area contributed by atoms with Crippen molar-refractivity contribution in [2.45, 2.75) is 106 Å². The summed E-state index contributed by atoms with van der Waals surface area (Å²) in [5, 5.41) is 10.3. The maximum atomic E-state index is 10.3. The van der Waals surface area contributed by atoms with Crippen LogP contribution in [0.1, 0.15) is 99.8 Å². The second-order valence-corrected chi connectivity index (χ2v) is 15.2. The summed E-state index contributed by atoms with van der Waals surface area (Å²) in [5.74, 6) is 2.51. The van der Waals surface area contributed by atoms with Crippen molar-refractivity contribution in [2.75, 3.05) is 6.61 Å². The Bertz CT molecular complexity index is 972. The summed E-state index contributed by atoms with van der Waals surface area (Å²) in [6.07, 6.45) is 10.8. The molecule has 2 N–H and O–H groups in total. The quantitative estimate of drug-likeness (QED) is 0.440. The molecule has 0 aromatic heterocycles. The van der Waals surface area contributed by atoms with Crippen LogP contribution in [0.3, 0.4) is 0 Å². The molecule has 182 valence electrons. The molecule has 6 rings (SSSR count). The van der Waals surface area contributed by atoms with E-state index in [0.29, 0.717) is 34.2 Å². The largest absolute Gasteiger partial charge is 0.401 e. The van der Waals surface area contributed by atoms with Crippen molar-refractivity contribution in [3.05, 3.63) is 11.3 Å². The highest BCUT2D eigenvalue weighted by Gasteiger charge is 2.73. The molecule has 4 saturated carbocycles. The average Bonchev–Trinajstić information content (AvgIpc) is 3.15. The van der Waals surface area contributed by atoms with Gasteiger partial charge in [0.15, 0.2) is 0 Å². The molecule has 3 heteroatoms. The van der Waals surface area contributed by atoms with Gasteiger partial charge in [0.05, 0.1) is 24.4 Å². The van der Waals surface area contributed by atoms with E-state index in [2.05, 4.69) is 54.5 Å². The highest BCUT2D eigenvalue weighted by atomic mass is 16.5. The average molecular weight is 451 g/mol. The van der Waals surface area contributed by atoms with Crippen LogP contribution in [0.2, 0.25) is 0 Å². The van der Waals surface area contributed by atoms with Crippen molar-refractivity contribution in [3.8, 4) is 6.07 Å². The van der Waals surface area contributed by atoms with E-state index in [1.165, 1.54) is 51.4 Å². The normalized spacial score (nSPS) is 55.8. The van der Waals surface area contributed by atoms with Crippen molar-refractivity contribution in [3.63, 3.8) is 0 Å². The van der Waals surface area contributed by atoms with Gasteiger partial charge in [-0.15, -0.1) is 0 Å². The van der Waals surface area contributed by atoms with Crippen LogP contribution in [0.4, 0.5) is 0 Å². The molecule has 1 aliphatic heterocycles. The molecule has 0 aromatic carbocycles. The lowest BCUT2D eigenvalue weighted by atomic mass is 9.33. The highest BCUT2D eigenvalue weighted by molar-refractivity contribution is 5.45. The molecule has 0 aromatic rings. The van der Waals surface area contributed by atoms with Crippen LogP contribution in [0.25, 0.3) is 0 Å². The van der Waals surface area contributed by atoms with E-state index < -0.39 is 0 Å². The molecule has 0 unspecified atom stereocenters. The van der Waals surface area contributed by atoms with E-state index in [4.69, 9.17) is 10.5 Å². The zero-order valence-electron chi connectivity index (χ0n) is 22.2. The van der Waals surface area contributed by atoms with Crippen LogP contribution >= 0.6 is 0 Å². The Morgan fingerprint density at radius 2 is 1.55 bits per heavy atom. The van der Waals surface area contributed by atoms with Gasteiger partial charge >= 0.3 is 0 Å². The molecule has 1 heterocycles. The number of hydrogen-bond acceptors (Lipinski definition) is 3. The predicted octanol–water partition coefficient (Wildman–Crippen LogP) is 6.83. The number of ether oxygens (including phenoxy) is 1. The van der Waals surface area contributed by atoms with Gasteiger partial charge in [-0.05, 0) is 96.7 Å². The fourth-order valence-electron chi connectivity index (χ4n) is 11.7. The van der Waals surface area contributed by atoms with Crippen LogP contribution in [-0.4, -0.2) is 12.7 Å². The van der Waals surface area contributed by atoms with Gasteiger partial charge in [0.2, 0.25) is 0 Å². The Kier molecular flexibility index (Phi) is 4.23. The number of nitrogens with two attached hydrogens (primary N) is 1. The van der Waals surface area contributed by atoms with Crippen molar-refractivity contribution in [1.29, 1.82) is 5.26 Å². The maximum absolute atomic E-state index is 10.3. The Balaban J connectivity index is 1.45. The summed E-state index contributed by atoms with van der Waals surface area (Å²) < 4.78 is 6.69. The minimum Gasteiger partial charge on any atom is -0.401 e. The number of allylic oxidation sites excluding steroid dienone is 2. The summed E-state index contributed by atoms with van der Waals surface area (Å²) in [5.41, 5.74) is 9.72. The third kappa shape index (κ3) is 2.28. The molecule has 3 nitrogen and oxygen atoms in total. The van der Waals surface area contributed by atoms with Gasteiger partial charge in [-0.1, -0.05) is 48.5 Å². The van der Waals surface area contributed by atoms with Crippen LogP contribution < -0.4 is 5.73 Å². The second-order valence-electron chi connectivity index (χ2n) is 15.2. The molecule has 33 heavy (non-hydrogen) atoms. The number of fused-ring (bicyclic) bond motifs is 5. The van der Waals surface area contributed by atoms with Gasteiger partial charge in [-0.2, -0.15) is 5.26 Å². The molecule has 9 atom stereocenters. The van der Waals surface area contributed by atoms with Gasteiger partial charge in [-0.25, -0.2) is 0 Å². The first-order chi connectivity index (χ1) is 15.3. The fourth-order valence-corrected chi connectivity index (χ4v) is 11.7. The topological polar surface area (TPSA) is 59.0 Å². The van der Waals surface area contributed by atoms with E-state index in [-0.39, 0.29) is 16.2 Å². The van der Waals surface area contributed by atoms with Gasteiger partial charge in [-0.3, -0.25) is 0 Å². The molecular formula is C30H46N2O. The van der Waals surface area contributed by atoms with Crippen LogP contribution in [0.15, 0.2) is 11.3 Å². The molecule has 5 aliphatic carbocycles. The maximum Gasteiger partial charge on any atom is 0.0971 e. The monoisotopic (exact) mass is 450 g/mol. The minimum atomic E-state index is -0.0836. The first-order valence-electron chi connectivity index (χ1n) is 13.8. The third-order valence-electron chi connectivity index (χ3n) is 13.7. The summed E-state index contributed by atoms with van der Waals surface area (Å²) in [4.78, 5) is 0. The lowest BCUT2D eigenvalue weighted by Gasteiger charge is -2.71. The van der Waals surface area contributed by atoms with Gasteiger partial charge < -0.3 is 10.5 Å². The predicted molar refractivity (Wildman–Crippen MR) is 132 cm³/mol. The zero-order valence-corrected chi connectivity index (χ0v) is 22.2. The smallest absolute Gasteiger partial charge is 0.0971 e. The van der Waals surface area contributed by atoms with Gasteiger partial charge in [0, 0.05) is 16.5 Å². The van der Waals surface area contributed by atoms with E-state index in [1.807, 2.05) is 0 Å². The highest BCUT2D eigenvalue weighted by Crippen LogP contribution is 2.78. The first-order valence-corrected chi connectivity index (χ1v) is 13.8. The van der Waals surface area contributed by atoms with Gasteiger partial charge in [0.25, 0.3) is 0 Å².